The summed E-state index contributed by atoms with van der Waals surface area (Å²) in [6.07, 6.45) is 0. The van der Waals surface area contributed by atoms with Gasteiger partial charge in [-0.3, -0.25) is 0 Å². The number of hydrogen-bond acceptors (Lipinski definition) is 4. The largest absolute Gasteiger partial charge is 0.496 e. The fourth-order valence-electron chi connectivity index (χ4n) is 1.74. The van der Waals surface area contributed by atoms with Crippen molar-refractivity contribution in [3.8, 4) is 16.5 Å². The van der Waals surface area contributed by atoms with E-state index in [2.05, 4.69) is 25.9 Å². The van der Waals surface area contributed by atoms with Crippen LogP contribution in [0.4, 0.5) is 4.39 Å². The molecule has 0 amide bonds. The molecule has 0 aliphatic heterocycles. The highest BCUT2D eigenvalue weighted by Crippen LogP contribution is 2.33. The lowest BCUT2D eigenvalue weighted by Crippen LogP contribution is -1.92. The molecule has 3 nitrogen and oxygen atoms in total. The second-order valence-corrected chi connectivity index (χ2v) is 6.10. The minimum atomic E-state index is -0.387. The van der Waals surface area contributed by atoms with Crippen molar-refractivity contribution in [2.24, 2.45) is 0 Å². The molecule has 0 spiro atoms. The Balaban J connectivity index is 2.20. The van der Waals surface area contributed by atoms with Gasteiger partial charge in [-0.1, -0.05) is 11.6 Å². The van der Waals surface area contributed by atoms with E-state index < -0.39 is 0 Å². The number of rotatable bonds is 2. The number of fused-ring (bicyclic) bond motifs is 1. The average Bonchev–Trinajstić information content (AvgIpc) is 2.90. The molecule has 0 aliphatic rings. The van der Waals surface area contributed by atoms with E-state index in [1.54, 1.807) is 13.2 Å². The van der Waals surface area contributed by atoms with Gasteiger partial charge in [0.1, 0.15) is 16.7 Å². The smallest absolute Gasteiger partial charge is 0.171 e. The molecule has 0 fully saturated rings. The molecule has 0 saturated carbocycles. The molecule has 0 aliphatic carbocycles. The topological polar surface area (TPSA) is 35.0 Å². The van der Waals surface area contributed by atoms with Crippen LogP contribution in [0.25, 0.3) is 21.6 Å². The second kappa shape index (κ2) is 5.27. The number of methoxy groups -OCH3 is 1. The van der Waals surface area contributed by atoms with Crippen LogP contribution < -0.4 is 4.74 Å². The highest BCUT2D eigenvalue weighted by atomic mass is 79.9. The zero-order valence-electron chi connectivity index (χ0n) is 10.2. The van der Waals surface area contributed by atoms with Gasteiger partial charge in [0.05, 0.1) is 22.0 Å². The van der Waals surface area contributed by atoms with E-state index in [1.807, 2.05) is 11.4 Å². The summed E-state index contributed by atoms with van der Waals surface area (Å²) in [5.41, 5.74) is 0.466. The molecule has 102 valence electrons. The van der Waals surface area contributed by atoms with Crippen LogP contribution in [-0.2, 0) is 0 Å². The van der Waals surface area contributed by atoms with Gasteiger partial charge in [-0.05, 0) is 22.0 Å². The summed E-state index contributed by atoms with van der Waals surface area (Å²) in [6.45, 7) is 0. The monoisotopic (exact) mass is 372 g/mol. The number of ether oxygens (including phenoxy) is 1. The van der Waals surface area contributed by atoms with Crippen LogP contribution in [0.15, 0.2) is 28.1 Å². The van der Waals surface area contributed by atoms with Crippen molar-refractivity contribution in [2.75, 3.05) is 7.11 Å². The van der Waals surface area contributed by atoms with Gasteiger partial charge in [-0.15, -0.1) is 11.3 Å². The summed E-state index contributed by atoms with van der Waals surface area (Å²) in [6, 6.07) is 4.73. The van der Waals surface area contributed by atoms with Crippen LogP contribution in [0.3, 0.4) is 0 Å². The Morgan fingerprint density at radius 1 is 1.30 bits per heavy atom. The molecule has 7 heteroatoms. The maximum absolute atomic E-state index is 13.6. The second-order valence-electron chi connectivity index (χ2n) is 3.97. The molecular formula is C13H7BrClFN2OS. The van der Waals surface area contributed by atoms with Crippen LogP contribution in [0, 0.1) is 5.82 Å². The van der Waals surface area contributed by atoms with Crippen molar-refractivity contribution < 1.29 is 9.13 Å². The van der Waals surface area contributed by atoms with Crippen LogP contribution in [0.5, 0.6) is 5.75 Å². The van der Waals surface area contributed by atoms with E-state index >= 15 is 0 Å². The summed E-state index contributed by atoms with van der Waals surface area (Å²) in [4.78, 5) is 9.42. The van der Waals surface area contributed by atoms with E-state index in [0.29, 0.717) is 21.2 Å². The van der Waals surface area contributed by atoms with E-state index in [-0.39, 0.29) is 11.0 Å². The molecule has 1 aromatic carbocycles. The SMILES string of the molecule is COc1csc(-c2nc(Cl)c3cc(Br)c(F)cc3n2)c1. The summed E-state index contributed by atoms with van der Waals surface area (Å²) in [7, 11) is 1.59. The zero-order valence-corrected chi connectivity index (χ0v) is 13.3. The first-order valence-corrected chi connectivity index (χ1v) is 7.58. The van der Waals surface area contributed by atoms with E-state index in [1.165, 1.54) is 17.4 Å². The normalized spacial score (nSPS) is 11.0. The van der Waals surface area contributed by atoms with Gasteiger partial charge in [-0.2, -0.15) is 0 Å². The predicted octanol–water partition coefficient (Wildman–Crippen LogP) is 4.92. The maximum Gasteiger partial charge on any atom is 0.171 e. The molecule has 0 N–H and O–H groups in total. The lowest BCUT2D eigenvalue weighted by Gasteiger charge is -2.04. The minimum Gasteiger partial charge on any atom is -0.496 e. The fraction of sp³-hybridized carbons (Fsp3) is 0.0769. The van der Waals surface area contributed by atoms with Gasteiger partial charge in [0.2, 0.25) is 0 Å². The molecule has 0 saturated heterocycles. The molecule has 3 rings (SSSR count). The van der Waals surface area contributed by atoms with Crippen molar-refractivity contribution in [3.05, 3.63) is 39.0 Å². The molecule has 0 bridgehead atoms. The van der Waals surface area contributed by atoms with Crippen LogP contribution in [0.1, 0.15) is 0 Å². The highest BCUT2D eigenvalue weighted by Gasteiger charge is 2.12. The quantitative estimate of drug-likeness (QED) is 0.598. The van der Waals surface area contributed by atoms with Crippen molar-refractivity contribution in [3.63, 3.8) is 0 Å². The van der Waals surface area contributed by atoms with Crippen LogP contribution in [-0.4, -0.2) is 17.1 Å². The van der Waals surface area contributed by atoms with Crippen molar-refractivity contribution in [1.82, 2.24) is 9.97 Å². The Kier molecular flexibility index (Phi) is 3.62. The summed E-state index contributed by atoms with van der Waals surface area (Å²) < 4.78 is 19.1. The molecule has 3 aromatic rings. The first-order chi connectivity index (χ1) is 9.58. The zero-order chi connectivity index (χ0) is 14.3. The average molecular weight is 374 g/mol. The third-order valence-electron chi connectivity index (χ3n) is 2.72. The number of halogens is 3. The predicted molar refractivity (Wildman–Crippen MR) is 82.1 cm³/mol. The molecule has 20 heavy (non-hydrogen) atoms. The Labute approximate surface area is 131 Å². The third kappa shape index (κ3) is 2.39. The van der Waals surface area contributed by atoms with Gasteiger partial charge < -0.3 is 4.74 Å². The Hall–Kier alpha value is -1.24. The number of aromatic nitrogens is 2. The lowest BCUT2D eigenvalue weighted by molar-refractivity contribution is 0.417. The molecule has 0 unspecified atom stereocenters. The molecule has 2 aromatic heterocycles. The first kappa shape index (κ1) is 13.7. The van der Waals surface area contributed by atoms with Gasteiger partial charge in [0.25, 0.3) is 0 Å². The molecular weight excluding hydrogens is 367 g/mol. The van der Waals surface area contributed by atoms with Gasteiger partial charge in [0.15, 0.2) is 5.82 Å². The van der Waals surface area contributed by atoms with Gasteiger partial charge in [-0.25, -0.2) is 14.4 Å². The number of hydrogen-bond donors (Lipinski definition) is 0. The third-order valence-corrected chi connectivity index (χ3v) is 4.52. The van der Waals surface area contributed by atoms with E-state index in [0.717, 1.165) is 10.6 Å². The fourth-order valence-corrected chi connectivity index (χ4v) is 3.10. The van der Waals surface area contributed by atoms with Gasteiger partial charge in [0, 0.05) is 22.9 Å². The summed E-state index contributed by atoms with van der Waals surface area (Å²) in [5.74, 6) is 0.798. The molecule has 2 heterocycles. The molecule has 0 radical (unpaired) electrons. The standard InChI is InChI=1S/C13H7BrClFN2OS/c1-19-6-2-11(20-5-6)13-17-10-4-9(16)8(14)3-7(10)12(15)18-13/h2-5H,1H3. The number of nitrogens with zero attached hydrogens (tertiary/aromatic N) is 2. The van der Waals surface area contributed by atoms with Crippen molar-refractivity contribution in [2.45, 2.75) is 0 Å². The van der Waals surface area contributed by atoms with Crippen LogP contribution >= 0.6 is 38.9 Å². The van der Waals surface area contributed by atoms with Crippen molar-refractivity contribution >= 4 is 49.8 Å². The van der Waals surface area contributed by atoms with E-state index in [4.69, 9.17) is 16.3 Å². The van der Waals surface area contributed by atoms with Gasteiger partial charge >= 0.3 is 0 Å². The number of benzene rings is 1. The Bertz CT molecular complexity index is 808. The Morgan fingerprint density at radius 2 is 2.10 bits per heavy atom. The number of thiophene rings is 1. The molecule has 0 atom stereocenters. The van der Waals surface area contributed by atoms with Crippen molar-refractivity contribution in [1.29, 1.82) is 0 Å². The highest BCUT2D eigenvalue weighted by molar-refractivity contribution is 9.10. The first-order valence-electron chi connectivity index (χ1n) is 5.53. The maximum atomic E-state index is 13.6. The summed E-state index contributed by atoms with van der Waals surface area (Å²) >= 11 is 10.7. The lowest BCUT2D eigenvalue weighted by atomic mass is 10.2. The minimum absolute atomic E-state index is 0.290. The summed E-state index contributed by atoms with van der Waals surface area (Å²) in [5, 5.41) is 2.74. The van der Waals surface area contributed by atoms with Crippen LogP contribution in [0.2, 0.25) is 5.15 Å². The van der Waals surface area contributed by atoms with E-state index in [9.17, 15) is 4.39 Å². The Morgan fingerprint density at radius 3 is 2.80 bits per heavy atom.